The Labute approximate surface area is 241 Å². The Morgan fingerprint density at radius 2 is 1.41 bits per heavy atom. The molecular weight excluding hydrogens is 597 g/mol. The van der Waals surface area contributed by atoms with Gasteiger partial charge >= 0.3 is 12.4 Å². The van der Waals surface area contributed by atoms with Crippen molar-refractivity contribution in [2.45, 2.75) is 33.1 Å². The van der Waals surface area contributed by atoms with Gasteiger partial charge in [-0.3, -0.25) is 4.79 Å². The minimum Gasteiger partial charge on any atom is -0.457 e. The molecule has 0 aliphatic carbocycles. The first-order valence-corrected chi connectivity index (χ1v) is 12.2. The molecule has 1 amide bonds. The number of aromatic nitrogens is 2. The van der Waals surface area contributed by atoms with Crippen LogP contribution in [0.5, 0.6) is 11.5 Å². The van der Waals surface area contributed by atoms with E-state index in [4.69, 9.17) is 38.5 Å². The smallest absolute Gasteiger partial charge is 0.435 e. The van der Waals surface area contributed by atoms with Crippen LogP contribution in [0.3, 0.4) is 0 Å². The summed E-state index contributed by atoms with van der Waals surface area (Å²) in [6.07, 6.45) is -8.63. The Bertz CT molecular complexity index is 1480. The Morgan fingerprint density at radius 1 is 0.854 bits per heavy atom. The quantitative estimate of drug-likeness (QED) is 0.178. The number of para-hydroxylation sites is 1. The summed E-state index contributed by atoms with van der Waals surface area (Å²) in [7, 11) is 0. The zero-order valence-electron chi connectivity index (χ0n) is 21.7. The molecule has 1 aromatic heterocycles. The molecule has 4 rings (SSSR count). The van der Waals surface area contributed by atoms with Crippen LogP contribution in [0.2, 0.25) is 10.0 Å². The van der Waals surface area contributed by atoms with Gasteiger partial charge in [0, 0.05) is 11.1 Å². The number of benzene rings is 3. The maximum Gasteiger partial charge on any atom is 0.435 e. The molecule has 4 N–H and O–H groups in total. The zero-order chi connectivity index (χ0) is 31.1. The second-order valence-corrected chi connectivity index (χ2v) is 9.19. The number of nitrogen functional groups attached to an aromatic ring is 1. The summed E-state index contributed by atoms with van der Waals surface area (Å²) in [6.45, 7) is 5.28. The van der Waals surface area contributed by atoms with Crippen molar-refractivity contribution in [2.24, 2.45) is 5.73 Å². The predicted octanol–water partition coefficient (Wildman–Crippen LogP) is 8.30. The van der Waals surface area contributed by atoms with Crippen LogP contribution >= 0.6 is 23.2 Å². The van der Waals surface area contributed by atoms with E-state index in [1.54, 1.807) is 37.3 Å². The molecule has 0 saturated heterocycles. The number of halogens is 8. The molecule has 0 saturated carbocycles. The fourth-order valence-electron chi connectivity index (χ4n) is 3.38. The predicted molar refractivity (Wildman–Crippen MR) is 145 cm³/mol. The highest BCUT2D eigenvalue weighted by Gasteiger charge is 2.35. The lowest BCUT2D eigenvalue weighted by molar-refractivity contribution is -0.141. The van der Waals surface area contributed by atoms with Crippen LogP contribution < -0.4 is 16.2 Å². The van der Waals surface area contributed by atoms with Crippen molar-refractivity contribution >= 4 is 35.4 Å². The van der Waals surface area contributed by atoms with Gasteiger partial charge in [-0.2, -0.15) is 31.4 Å². The summed E-state index contributed by atoms with van der Waals surface area (Å²) >= 11 is 11.9. The number of ether oxygens (including phenoxy) is 1. The fourth-order valence-corrected chi connectivity index (χ4v) is 3.71. The first kappa shape index (κ1) is 33.3. The third-order valence-corrected chi connectivity index (χ3v) is 6.16. The number of primary amides is 1. The fraction of sp³-hybridized carbons (Fsp3) is 0.185. The van der Waals surface area contributed by atoms with Crippen LogP contribution in [0.4, 0.5) is 32.2 Å². The second kappa shape index (κ2) is 13.6. The Morgan fingerprint density at radius 3 is 1.88 bits per heavy atom. The van der Waals surface area contributed by atoms with Gasteiger partial charge in [-0.05, 0) is 79.9 Å². The van der Waals surface area contributed by atoms with E-state index in [1.165, 1.54) is 12.1 Å². The van der Waals surface area contributed by atoms with Gasteiger partial charge < -0.3 is 16.2 Å². The highest BCUT2D eigenvalue weighted by atomic mass is 35.5. The number of hydrogen-bond donors (Lipinski definition) is 2. The summed E-state index contributed by atoms with van der Waals surface area (Å²) in [5.41, 5.74) is 10.4. The van der Waals surface area contributed by atoms with Crippen molar-refractivity contribution in [3.8, 4) is 17.2 Å². The number of anilines is 1. The van der Waals surface area contributed by atoms with Crippen molar-refractivity contribution < 1.29 is 35.9 Å². The monoisotopic (exact) mass is 620 g/mol. The number of nitrogens with two attached hydrogens (primary N) is 2. The molecule has 220 valence electrons. The minimum absolute atomic E-state index is 0.120. The highest BCUT2D eigenvalue weighted by Crippen LogP contribution is 2.35. The standard InChI is InChI=1S/C16H14ClF3O.C10H7ClF3N3.CH3NO/c1-9-6-12(16(18,19)20)4-5-14(9)21-13-7-10(2)15(17)11(3)8-13;11-6-3-1-2-4-7(6)17-9(15)5-8(16-17)10(12,13)14;2-1-3/h4-8H,1-3H3;1-5H,15H2;1H,(H2,2,3). The van der Waals surface area contributed by atoms with Gasteiger partial charge in [-0.25, -0.2) is 4.68 Å². The Balaban J connectivity index is 0.000000266. The molecule has 0 spiro atoms. The Hall–Kier alpha value is -3.90. The summed E-state index contributed by atoms with van der Waals surface area (Å²) < 4.78 is 81.8. The largest absolute Gasteiger partial charge is 0.457 e. The third-order valence-electron chi connectivity index (χ3n) is 5.25. The number of amides is 1. The maximum absolute atomic E-state index is 12.6. The molecular formula is C27H24Cl2F6N4O2. The maximum atomic E-state index is 12.6. The molecule has 0 radical (unpaired) electrons. The molecule has 14 heteroatoms. The highest BCUT2D eigenvalue weighted by molar-refractivity contribution is 6.32. The SMILES string of the molecule is Cc1cc(C(F)(F)F)ccc1Oc1cc(C)c(Cl)c(C)c1.NC=O.Nc1cc(C(F)(F)F)nn1-c1ccccc1Cl. The molecule has 0 fully saturated rings. The van der Waals surface area contributed by atoms with E-state index in [9.17, 15) is 26.3 Å². The second-order valence-electron chi connectivity index (χ2n) is 8.40. The van der Waals surface area contributed by atoms with E-state index in [-0.39, 0.29) is 17.3 Å². The van der Waals surface area contributed by atoms with Crippen LogP contribution in [0.25, 0.3) is 5.69 Å². The van der Waals surface area contributed by atoms with E-state index in [0.717, 1.165) is 34.0 Å². The third kappa shape index (κ3) is 9.05. The number of carbonyl (C=O) groups is 1. The molecule has 4 aromatic rings. The van der Waals surface area contributed by atoms with E-state index >= 15 is 0 Å². The van der Waals surface area contributed by atoms with Gasteiger partial charge in [0.1, 0.15) is 17.3 Å². The van der Waals surface area contributed by atoms with Crippen molar-refractivity contribution in [3.63, 3.8) is 0 Å². The first-order chi connectivity index (χ1) is 19.0. The number of carbonyl (C=O) groups excluding carboxylic acids is 1. The number of hydrogen-bond acceptors (Lipinski definition) is 4. The summed E-state index contributed by atoms with van der Waals surface area (Å²) in [4.78, 5) is 8.58. The molecule has 0 atom stereocenters. The lowest BCUT2D eigenvalue weighted by atomic mass is 10.1. The number of rotatable bonds is 3. The molecule has 0 aliphatic heterocycles. The molecule has 3 aromatic carbocycles. The van der Waals surface area contributed by atoms with Crippen molar-refractivity contribution in [2.75, 3.05) is 5.73 Å². The van der Waals surface area contributed by atoms with Crippen molar-refractivity contribution in [1.29, 1.82) is 0 Å². The van der Waals surface area contributed by atoms with Crippen LogP contribution in [0, 0.1) is 20.8 Å². The van der Waals surface area contributed by atoms with Gasteiger partial charge in [-0.15, -0.1) is 0 Å². The molecule has 0 unspecified atom stereocenters. The first-order valence-electron chi connectivity index (χ1n) is 11.4. The van der Waals surface area contributed by atoms with E-state index in [1.807, 2.05) is 13.8 Å². The van der Waals surface area contributed by atoms with E-state index < -0.39 is 23.6 Å². The summed E-state index contributed by atoms with van der Waals surface area (Å²) in [6, 6.07) is 14.1. The van der Waals surface area contributed by atoms with Crippen LogP contribution in [-0.2, 0) is 17.1 Å². The topological polar surface area (TPSA) is 96.2 Å². The number of alkyl halides is 6. The van der Waals surface area contributed by atoms with Crippen LogP contribution in [0.15, 0.2) is 60.7 Å². The van der Waals surface area contributed by atoms with Crippen LogP contribution in [0.1, 0.15) is 27.9 Å². The summed E-state index contributed by atoms with van der Waals surface area (Å²) in [5.74, 6) is 0.826. The number of nitrogens with zero attached hydrogens (tertiary/aromatic N) is 2. The molecule has 0 aliphatic rings. The summed E-state index contributed by atoms with van der Waals surface area (Å²) in [5, 5.41) is 4.33. The van der Waals surface area contributed by atoms with Gasteiger partial charge in [0.15, 0.2) is 5.69 Å². The van der Waals surface area contributed by atoms with Gasteiger partial charge in [0.25, 0.3) is 0 Å². The average Bonchev–Trinajstić information content (AvgIpc) is 3.26. The molecule has 6 nitrogen and oxygen atoms in total. The van der Waals surface area contributed by atoms with E-state index in [2.05, 4.69) is 10.8 Å². The lowest BCUT2D eigenvalue weighted by Crippen LogP contribution is -2.07. The Kier molecular flexibility index (Phi) is 11.1. The minimum atomic E-state index is -4.53. The van der Waals surface area contributed by atoms with Crippen LogP contribution in [-0.4, -0.2) is 16.2 Å². The average molecular weight is 621 g/mol. The normalized spacial score (nSPS) is 11.1. The molecule has 0 bridgehead atoms. The zero-order valence-corrected chi connectivity index (χ0v) is 23.3. The van der Waals surface area contributed by atoms with E-state index in [0.29, 0.717) is 27.8 Å². The van der Waals surface area contributed by atoms with Crippen molar-refractivity contribution in [3.05, 3.63) is 98.7 Å². The number of aryl methyl sites for hydroxylation is 3. The van der Waals surface area contributed by atoms with Gasteiger partial charge in [-0.1, -0.05) is 35.3 Å². The molecule has 1 heterocycles. The lowest BCUT2D eigenvalue weighted by Gasteiger charge is -2.13. The van der Waals surface area contributed by atoms with Crippen molar-refractivity contribution in [1.82, 2.24) is 9.78 Å². The molecule has 41 heavy (non-hydrogen) atoms. The van der Waals surface area contributed by atoms with Gasteiger partial charge in [0.05, 0.1) is 16.3 Å². The van der Waals surface area contributed by atoms with Gasteiger partial charge in [0.2, 0.25) is 6.41 Å².